The van der Waals surface area contributed by atoms with E-state index in [1.54, 1.807) is 18.4 Å². The zero-order valence-electron chi connectivity index (χ0n) is 14.8. The van der Waals surface area contributed by atoms with E-state index in [9.17, 15) is 9.00 Å². The van der Waals surface area contributed by atoms with Crippen molar-refractivity contribution in [3.05, 3.63) is 81.7 Å². The molecule has 1 saturated carbocycles. The lowest BCUT2D eigenvalue weighted by Crippen LogP contribution is -2.08. The molecule has 27 heavy (non-hydrogen) atoms. The number of nitrogens with zero attached hydrogens (tertiary/aromatic N) is 1. The fourth-order valence-corrected chi connectivity index (χ4v) is 4.23. The Balaban J connectivity index is 1.72. The number of rotatable bonds is 6. The van der Waals surface area contributed by atoms with Crippen LogP contribution < -0.4 is 0 Å². The molecule has 0 N–H and O–H groups in total. The third-order valence-electron chi connectivity index (χ3n) is 4.78. The van der Waals surface area contributed by atoms with Gasteiger partial charge in [-0.25, -0.2) is 0 Å². The second kappa shape index (κ2) is 7.41. The number of aromatic nitrogens is 1. The van der Waals surface area contributed by atoms with Crippen LogP contribution >= 0.6 is 11.6 Å². The van der Waals surface area contributed by atoms with Gasteiger partial charge in [0.25, 0.3) is 0 Å². The summed E-state index contributed by atoms with van der Waals surface area (Å²) in [6.45, 7) is 0. The third-order valence-corrected chi connectivity index (χ3v) is 6.03. The molecule has 1 fully saturated rings. The first kappa shape index (κ1) is 18.1. The van der Waals surface area contributed by atoms with Gasteiger partial charge in [-0.2, -0.15) is 0 Å². The summed E-state index contributed by atoms with van der Waals surface area (Å²) in [7, 11) is -1.14. The molecule has 0 bridgehead atoms. The van der Waals surface area contributed by atoms with Gasteiger partial charge in [0.1, 0.15) is 6.26 Å². The number of halogens is 1. The van der Waals surface area contributed by atoms with E-state index in [1.807, 2.05) is 30.3 Å². The van der Waals surface area contributed by atoms with Crippen molar-refractivity contribution in [1.29, 1.82) is 0 Å². The fourth-order valence-electron chi connectivity index (χ4n) is 3.28. The number of hydrogen-bond donors (Lipinski definition) is 0. The van der Waals surface area contributed by atoms with Crippen molar-refractivity contribution in [2.45, 2.75) is 30.1 Å². The molecule has 0 saturated heterocycles. The van der Waals surface area contributed by atoms with Gasteiger partial charge in [-0.05, 0) is 48.6 Å². The second-order valence-electron chi connectivity index (χ2n) is 6.76. The van der Waals surface area contributed by atoms with Crippen LogP contribution in [0, 0.1) is 0 Å². The number of ketones is 1. The fraction of sp³-hybridized carbons (Fsp3) is 0.238. The molecule has 1 unspecified atom stereocenters. The van der Waals surface area contributed by atoms with Crippen LogP contribution in [0.15, 0.2) is 58.1 Å². The largest absolute Gasteiger partial charge is 0.364 e. The summed E-state index contributed by atoms with van der Waals surface area (Å²) in [6, 6.07) is 12.8. The van der Waals surface area contributed by atoms with Crippen molar-refractivity contribution < 1.29 is 13.5 Å². The Morgan fingerprint density at radius 3 is 2.70 bits per heavy atom. The van der Waals surface area contributed by atoms with Crippen molar-refractivity contribution in [3.8, 4) is 0 Å². The molecule has 0 aliphatic heterocycles. The van der Waals surface area contributed by atoms with Crippen molar-refractivity contribution in [3.63, 3.8) is 0 Å². The smallest absolute Gasteiger partial charge is 0.198 e. The van der Waals surface area contributed by atoms with Gasteiger partial charge in [0.15, 0.2) is 5.78 Å². The van der Waals surface area contributed by atoms with E-state index < -0.39 is 10.8 Å². The molecule has 6 heteroatoms. The highest BCUT2D eigenvalue weighted by molar-refractivity contribution is 7.84. The van der Waals surface area contributed by atoms with E-state index in [1.165, 1.54) is 6.26 Å². The number of carbonyl (C=O) groups is 1. The summed E-state index contributed by atoms with van der Waals surface area (Å²) >= 11 is 6.15. The van der Waals surface area contributed by atoms with Gasteiger partial charge >= 0.3 is 0 Å². The van der Waals surface area contributed by atoms with Crippen LogP contribution in [0.5, 0.6) is 0 Å². The maximum absolute atomic E-state index is 13.2. The Hall–Kier alpha value is -2.24. The first-order valence-corrected chi connectivity index (χ1v) is 10.7. The standard InChI is InChI=1S/C21H18ClNO3S/c1-27(25)19-9-8-16(22)11-15(19)10-14-4-2-3-5-17(14)21(24)18-12-26-23-20(18)13-6-7-13/h2-5,8-9,11-13H,6-7,10H2,1H3. The molecule has 1 heterocycles. The average Bonchev–Trinajstić information content (AvgIpc) is 3.38. The summed E-state index contributed by atoms with van der Waals surface area (Å²) in [6.07, 6.45) is 5.65. The molecule has 4 nitrogen and oxygen atoms in total. The molecule has 0 radical (unpaired) electrons. The van der Waals surface area contributed by atoms with Crippen LogP contribution in [-0.2, 0) is 17.2 Å². The molecule has 4 rings (SSSR count). The lowest BCUT2D eigenvalue weighted by atomic mass is 9.94. The predicted molar refractivity (Wildman–Crippen MR) is 105 cm³/mol. The molecule has 1 atom stereocenters. The molecule has 1 aromatic heterocycles. The molecule has 0 amide bonds. The first-order valence-electron chi connectivity index (χ1n) is 8.73. The molecular formula is C21H18ClNO3S. The van der Waals surface area contributed by atoms with Crippen molar-refractivity contribution in [1.82, 2.24) is 5.16 Å². The quantitative estimate of drug-likeness (QED) is 0.560. The van der Waals surface area contributed by atoms with Gasteiger partial charge in [-0.1, -0.05) is 41.0 Å². The zero-order chi connectivity index (χ0) is 19.0. The minimum absolute atomic E-state index is 0.0880. The lowest BCUT2D eigenvalue weighted by Gasteiger charge is -2.12. The SMILES string of the molecule is CS(=O)c1ccc(Cl)cc1Cc1ccccc1C(=O)c1conc1C1CC1. The summed E-state index contributed by atoms with van der Waals surface area (Å²) in [4.78, 5) is 13.9. The van der Waals surface area contributed by atoms with Gasteiger partial charge < -0.3 is 4.52 Å². The third kappa shape index (κ3) is 3.75. The van der Waals surface area contributed by atoms with Crippen LogP contribution in [0.3, 0.4) is 0 Å². The summed E-state index contributed by atoms with van der Waals surface area (Å²) in [5, 5.41) is 4.62. The Morgan fingerprint density at radius 1 is 1.19 bits per heavy atom. The molecule has 0 spiro atoms. The maximum atomic E-state index is 13.2. The number of carbonyl (C=O) groups excluding carboxylic acids is 1. The van der Waals surface area contributed by atoms with E-state index in [4.69, 9.17) is 16.1 Å². The lowest BCUT2D eigenvalue weighted by molar-refractivity contribution is 0.103. The second-order valence-corrected chi connectivity index (χ2v) is 8.54. The molecule has 2 aromatic carbocycles. The highest BCUT2D eigenvalue weighted by Gasteiger charge is 2.32. The topological polar surface area (TPSA) is 60.2 Å². The first-order chi connectivity index (χ1) is 13.0. The van der Waals surface area contributed by atoms with Crippen molar-refractivity contribution in [2.24, 2.45) is 0 Å². The van der Waals surface area contributed by atoms with Crippen LogP contribution in [0.4, 0.5) is 0 Å². The van der Waals surface area contributed by atoms with Crippen LogP contribution in [-0.4, -0.2) is 21.4 Å². The van der Waals surface area contributed by atoms with Crippen LogP contribution in [0.25, 0.3) is 0 Å². The highest BCUT2D eigenvalue weighted by Crippen LogP contribution is 2.41. The molecule has 3 aromatic rings. The summed E-state index contributed by atoms with van der Waals surface area (Å²) < 4.78 is 17.2. The van der Waals surface area contributed by atoms with Gasteiger partial charge in [-0.3, -0.25) is 9.00 Å². The van der Waals surface area contributed by atoms with Crippen molar-refractivity contribution in [2.75, 3.05) is 6.26 Å². The molecule has 1 aliphatic carbocycles. The normalized spacial score (nSPS) is 14.9. The van der Waals surface area contributed by atoms with Gasteiger partial charge in [0, 0.05) is 27.7 Å². The average molecular weight is 400 g/mol. The van der Waals surface area contributed by atoms with Crippen LogP contribution in [0.2, 0.25) is 5.02 Å². The van der Waals surface area contributed by atoms with E-state index in [0.29, 0.717) is 28.5 Å². The predicted octanol–water partition coefficient (Wildman–Crippen LogP) is 4.76. The van der Waals surface area contributed by atoms with Gasteiger partial charge in [0.05, 0.1) is 22.1 Å². The van der Waals surface area contributed by atoms with Gasteiger partial charge in [-0.15, -0.1) is 0 Å². The van der Waals surface area contributed by atoms with E-state index in [0.717, 1.165) is 34.6 Å². The Labute approximate surface area is 165 Å². The molecule has 1 aliphatic rings. The minimum Gasteiger partial charge on any atom is -0.364 e. The summed E-state index contributed by atoms with van der Waals surface area (Å²) in [5.74, 6) is 0.242. The summed E-state index contributed by atoms with van der Waals surface area (Å²) in [5.41, 5.74) is 3.62. The van der Waals surface area contributed by atoms with Crippen LogP contribution in [0.1, 0.15) is 51.5 Å². The Kier molecular flexibility index (Phi) is 4.98. The number of hydrogen-bond acceptors (Lipinski definition) is 4. The Morgan fingerprint density at radius 2 is 1.96 bits per heavy atom. The van der Waals surface area contributed by atoms with E-state index >= 15 is 0 Å². The minimum atomic E-state index is -1.14. The van der Waals surface area contributed by atoms with Gasteiger partial charge in [0.2, 0.25) is 0 Å². The highest BCUT2D eigenvalue weighted by atomic mass is 35.5. The van der Waals surface area contributed by atoms with Crippen molar-refractivity contribution >= 4 is 28.2 Å². The number of benzene rings is 2. The van der Waals surface area contributed by atoms with E-state index in [-0.39, 0.29) is 5.78 Å². The monoisotopic (exact) mass is 399 g/mol. The Bertz CT molecular complexity index is 1040. The molecular weight excluding hydrogens is 382 g/mol. The zero-order valence-corrected chi connectivity index (χ0v) is 16.3. The maximum Gasteiger partial charge on any atom is 0.198 e. The molecule has 138 valence electrons. The van der Waals surface area contributed by atoms with E-state index in [2.05, 4.69) is 5.16 Å².